The van der Waals surface area contributed by atoms with Gasteiger partial charge in [0.2, 0.25) is 15.9 Å². The fourth-order valence-electron chi connectivity index (χ4n) is 2.01. The molecule has 0 aliphatic rings. The zero-order chi connectivity index (χ0) is 17.5. The van der Waals surface area contributed by atoms with Crippen molar-refractivity contribution in [1.82, 2.24) is 4.31 Å². The van der Waals surface area contributed by atoms with E-state index in [1.54, 1.807) is 18.2 Å². The maximum Gasteiger partial charge on any atom is 0.225 e. The van der Waals surface area contributed by atoms with Crippen molar-refractivity contribution < 1.29 is 13.2 Å². The monoisotopic (exact) mass is 380 g/mol. The molecule has 0 saturated heterocycles. The lowest BCUT2D eigenvalue weighted by atomic mass is 10.2. The summed E-state index contributed by atoms with van der Waals surface area (Å²) in [6, 6.07) is 4.78. The van der Waals surface area contributed by atoms with Crippen LogP contribution in [0.5, 0.6) is 0 Å². The van der Waals surface area contributed by atoms with E-state index in [9.17, 15) is 13.2 Å². The van der Waals surface area contributed by atoms with Gasteiger partial charge in [0.15, 0.2) is 0 Å². The van der Waals surface area contributed by atoms with Crippen molar-refractivity contribution in [1.29, 1.82) is 0 Å². The first-order valence-electron chi connectivity index (χ1n) is 7.44. The summed E-state index contributed by atoms with van der Waals surface area (Å²) in [5.74, 6) is -0.271. The third-order valence-electron chi connectivity index (χ3n) is 3.27. The molecule has 8 heteroatoms. The molecular weight excluding hydrogens is 359 g/mol. The Morgan fingerprint density at radius 1 is 1.17 bits per heavy atom. The fraction of sp³-hybridized carbons (Fsp3) is 0.533. The molecule has 0 bridgehead atoms. The number of nitrogens with one attached hydrogen (secondary N) is 1. The first-order chi connectivity index (χ1) is 10.7. The second-order valence-electron chi connectivity index (χ2n) is 5.30. The van der Waals surface area contributed by atoms with E-state index in [1.807, 2.05) is 0 Å². The molecule has 1 aromatic carbocycles. The smallest absolute Gasteiger partial charge is 0.225 e. The molecule has 0 unspecified atom stereocenters. The van der Waals surface area contributed by atoms with E-state index in [0.717, 1.165) is 25.5 Å². The van der Waals surface area contributed by atoms with Gasteiger partial charge in [0.1, 0.15) is 0 Å². The Morgan fingerprint density at radius 3 is 2.43 bits per heavy atom. The van der Waals surface area contributed by atoms with Gasteiger partial charge in [-0.25, -0.2) is 12.7 Å². The van der Waals surface area contributed by atoms with Gasteiger partial charge < -0.3 is 5.32 Å². The molecule has 0 atom stereocenters. The van der Waals surface area contributed by atoms with Gasteiger partial charge in [0, 0.05) is 25.2 Å². The Morgan fingerprint density at radius 2 is 1.87 bits per heavy atom. The van der Waals surface area contributed by atoms with Crippen molar-refractivity contribution in [2.75, 3.05) is 24.7 Å². The molecule has 1 rings (SSSR count). The normalized spacial score (nSPS) is 11.7. The van der Waals surface area contributed by atoms with E-state index in [1.165, 1.54) is 4.31 Å². The highest BCUT2D eigenvalue weighted by Gasteiger charge is 2.17. The quantitative estimate of drug-likeness (QED) is 0.662. The third kappa shape index (κ3) is 7.52. The van der Waals surface area contributed by atoms with Crippen LogP contribution in [0, 0.1) is 0 Å². The summed E-state index contributed by atoms with van der Waals surface area (Å²) in [6.45, 7) is 2.65. The molecule has 130 valence electrons. The molecule has 1 N–H and O–H groups in total. The third-order valence-corrected chi connectivity index (χ3v) is 5.31. The van der Waals surface area contributed by atoms with E-state index in [0.29, 0.717) is 22.3 Å². The fourth-order valence-corrected chi connectivity index (χ4v) is 3.19. The second kappa shape index (κ2) is 9.47. The van der Waals surface area contributed by atoms with Gasteiger partial charge in [-0.05, 0) is 24.6 Å². The lowest BCUT2D eigenvalue weighted by Gasteiger charge is -2.19. The van der Waals surface area contributed by atoms with Gasteiger partial charge in [-0.1, -0.05) is 43.0 Å². The number of carbonyl (C=O) groups is 1. The van der Waals surface area contributed by atoms with Crippen molar-refractivity contribution in [3.05, 3.63) is 28.2 Å². The highest BCUT2D eigenvalue weighted by molar-refractivity contribution is 7.88. The summed E-state index contributed by atoms with van der Waals surface area (Å²) in [6.07, 6.45) is 4.00. The molecule has 0 saturated carbocycles. The van der Waals surface area contributed by atoms with Crippen molar-refractivity contribution in [2.24, 2.45) is 0 Å². The minimum atomic E-state index is -3.31. The Bertz CT molecular complexity index is 636. The largest absolute Gasteiger partial charge is 0.326 e. The van der Waals surface area contributed by atoms with Gasteiger partial charge in [-0.3, -0.25) is 4.79 Å². The molecule has 0 radical (unpaired) electrons. The molecule has 23 heavy (non-hydrogen) atoms. The highest BCUT2D eigenvalue weighted by Crippen LogP contribution is 2.25. The predicted octanol–water partition coefficient (Wildman–Crippen LogP) is 3.77. The molecule has 0 aliphatic heterocycles. The summed E-state index contributed by atoms with van der Waals surface area (Å²) < 4.78 is 24.8. The number of benzene rings is 1. The van der Waals surface area contributed by atoms with Crippen LogP contribution >= 0.6 is 23.2 Å². The average Bonchev–Trinajstić information content (AvgIpc) is 2.45. The van der Waals surface area contributed by atoms with Crippen molar-refractivity contribution in [3.8, 4) is 0 Å². The van der Waals surface area contributed by atoms with E-state index in [2.05, 4.69) is 12.2 Å². The zero-order valence-electron chi connectivity index (χ0n) is 13.3. The van der Waals surface area contributed by atoms with Crippen LogP contribution in [0.2, 0.25) is 10.0 Å². The maximum absolute atomic E-state index is 12.0. The Kier molecular flexibility index (Phi) is 8.33. The summed E-state index contributed by atoms with van der Waals surface area (Å²) >= 11 is 11.7. The number of hydrogen-bond donors (Lipinski definition) is 1. The number of halogens is 2. The SMILES string of the molecule is CCCCCN(CCC(=O)Nc1ccc(Cl)c(Cl)c1)S(C)(=O)=O. The molecular formula is C15H22Cl2N2O3S. The van der Waals surface area contributed by atoms with E-state index in [4.69, 9.17) is 23.2 Å². The summed E-state index contributed by atoms with van der Waals surface area (Å²) in [5.41, 5.74) is 0.529. The van der Waals surface area contributed by atoms with Crippen LogP contribution < -0.4 is 5.32 Å². The topological polar surface area (TPSA) is 66.5 Å². The lowest BCUT2D eigenvalue weighted by Crippen LogP contribution is -2.33. The molecule has 1 aromatic rings. The minimum absolute atomic E-state index is 0.0828. The van der Waals surface area contributed by atoms with Crippen molar-refractivity contribution in [2.45, 2.75) is 32.6 Å². The van der Waals surface area contributed by atoms with Crippen LogP contribution in [0.15, 0.2) is 18.2 Å². The second-order valence-corrected chi connectivity index (χ2v) is 8.09. The van der Waals surface area contributed by atoms with Gasteiger partial charge in [-0.2, -0.15) is 0 Å². The number of anilines is 1. The van der Waals surface area contributed by atoms with Crippen LogP contribution in [0.25, 0.3) is 0 Å². The Labute approximate surface area is 148 Å². The van der Waals surface area contributed by atoms with E-state index >= 15 is 0 Å². The number of sulfonamides is 1. The molecule has 0 spiro atoms. The number of nitrogens with zero attached hydrogens (tertiary/aromatic N) is 1. The van der Waals surface area contributed by atoms with Gasteiger partial charge in [0.05, 0.1) is 16.3 Å². The number of rotatable bonds is 9. The van der Waals surface area contributed by atoms with Gasteiger partial charge in [-0.15, -0.1) is 0 Å². The highest BCUT2D eigenvalue weighted by atomic mass is 35.5. The Hall–Kier alpha value is -0.820. The van der Waals surface area contributed by atoms with Crippen LogP contribution in [0.3, 0.4) is 0 Å². The number of unbranched alkanes of at least 4 members (excludes halogenated alkanes) is 2. The van der Waals surface area contributed by atoms with Crippen molar-refractivity contribution >= 4 is 44.8 Å². The summed E-state index contributed by atoms with van der Waals surface area (Å²) in [4.78, 5) is 12.0. The number of carbonyl (C=O) groups excluding carboxylic acids is 1. The predicted molar refractivity (Wildman–Crippen MR) is 95.7 cm³/mol. The molecule has 0 aromatic heterocycles. The molecule has 0 heterocycles. The van der Waals surface area contributed by atoms with Crippen LogP contribution in [-0.4, -0.2) is 38.0 Å². The van der Waals surface area contributed by atoms with E-state index in [-0.39, 0.29) is 18.9 Å². The van der Waals surface area contributed by atoms with Gasteiger partial charge in [0.25, 0.3) is 0 Å². The molecule has 0 fully saturated rings. The van der Waals surface area contributed by atoms with Crippen LogP contribution in [0.1, 0.15) is 32.6 Å². The first-order valence-corrected chi connectivity index (χ1v) is 10.0. The van der Waals surface area contributed by atoms with E-state index < -0.39 is 10.0 Å². The average molecular weight is 381 g/mol. The number of amides is 1. The first kappa shape index (κ1) is 20.2. The maximum atomic E-state index is 12.0. The zero-order valence-corrected chi connectivity index (χ0v) is 15.6. The standard InChI is InChI=1S/C15H22Cl2N2O3S/c1-3-4-5-9-19(23(2,21)22)10-8-15(20)18-12-6-7-13(16)14(17)11-12/h6-7,11H,3-5,8-10H2,1-2H3,(H,18,20). The van der Waals surface area contributed by atoms with Crippen LogP contribution in [-0.2, 0) is 14.8 Å². The summed E-state index contributed by atoms with van der Waals surface area (Å²) in [7, 11) is -3.31. The minimum Gasteiger partial charge on any atom is -0.326 e. The van der Waals surface area contributed by atoms with Crippen LogP contribution in [0.4, 0.5) is 5.69 Å². The van der Waals surface area contributed by atoms with Gasteiger partial charge >= 0.3 is 0 Å². The lowest BCUT2D eigenvalue weighted by molar-refractivity contribution is -0.116. The molecule has 0 aliphatic carbocycles. The molecule has 1 amide bonds. The Balaban J connectivity index is 2.55. The summed E-state index contributed by atoms with van der Waals surface area (Å²) in [5, 5.41) is 3.44. The van der Waals surface area contributed by atoms with Crippen molar-refractivity contribution in [3.63, 3.8) is 0 Å². The molecule has 5 nitrogen and oxygen atoms in total. The number of hydrogen-bond acceptors (Lipinski definition) is 3.